The van der Waals surface area contributed by atoms with E-state index in [1.165, 1.54) is 40.2 Å². The van der Waals surface area contributed by atoms with Crippen molar-refractivity contribution in [2.24, 2.45) is 23.7 Å². The first-order valence-electron chi connectivity index (χ1n) is 23.1. The van der Waals surface area contributed by atoms with Gasteiger partial charge in [0, 0.05) is 36.5 Å². The molecule has 0 aliphatic carbocycles. The molecular formula is C52H63ClN2O14. The van der Waals surface area contributed by atoms with Crippen molar-refractivity contribution in [1.29, 1.82) is 0 Å². The summed E-state index contributed by atoms with van der Waals surface area (Å²) in [5, 5.41) is 3.22. The molecule has 4 atom stereocenters. The lowest BCUT2D eigenvalue weighted by atomic mass is 9.85. The molecule has 0 spiro atoms. The summed E-state index contributed by atoms with van der Waals surface area (Å²) in [5.41, 5.74) is 2.91. The number of benzene rings is 4. The molecule has 1 amide bonds. The van der Waals surface area contributed by atoms with E-state index in [0.717, 1.165) is 35.1 Å². The van der Waals surface area contributed by atoms with E-state index in [1.54, 1.807) is 57.6 Å². The monoisotopic (exact) mass is 974 g/mol. The summed E-state index contributed by atoms with van der Waals surface area (Å²) in [4.78, 5) is 50.0. The Morgan fingerprint density at radius 3 is 1.25 bits per heavy atom. The standard InChI is InChI=1S/C26H31NO7.C22H23ClO7.C4H9N/c1-30-21-8-6-17(14-23(21)31-2)12-19-16-33-25(28)20(19)13-18-7-9-22(24(15-18)32-3)34-26(29)27-10-4-5-11-27;1-26-17-6-4-13(10-19(17)27-2)8-15-12-29-21(24)16(15)9-14-5-7-18(30-22(23)25)20(11-14)28-3;1-2-4-5-3-1/h6-9,14-15,19-20H,4-5,10-13,16H2,1-3H3;4-7,10-11,15-16H,8-9,12H2,1-3H3;5H,1-4H2/t19-,20+;15-,16+;/m00./s1. The quantitative estimate of drug-likeness (QED) is 0.0838. The Hall–Kier alpha value is -6.39. The molecule has 372 valence electrons. The van der Waals surface area contributed by atoms with Crippen LogP contribution in [0, 0.1) is 23.7 Å². The summed E-state index contributed by atoms with van der Waals surface area (Å²) >= 11 is 5.28. The SMILES string of the molecule is C1CCNC1.COc1ccc(C[C@H]2COC(=O)[C@@H]2Cc2ccc(OC(=O)Cl)c(OC)c2)cc1OC.COc1ccc(C[C@H]2COC(=O)[C@@H]2Cc2ccc(OC(=O)N3CCCC3)c(OC)c2)cc1OC. The maximum absolute atomic E-state index is 12.5. The zero-order valence-electron chi connectivity index (χ0n) is 40.2. The number of methoxy groups -OCH3 is 6. The van der Waals surface area contributed by atoms with Crippen LogP contribution in [0.25, 0.3) is 0 Å². The van der Waals surface area contributed by atoms with E-state index in [-0.39, 0.29) is 47.5 Å². The average molecular weight is 976 g/mol. The first kappa shape index (κ1) is 52.0. The maximum atomic E-state index is 12.5. The van der Waals surface area contributed by atoms with Gasteiger partial charge in [0.1, 0.15) is 0 Å². The maximum Gasteiger partial charge on any atom is 0.415 e. The Bertz CT molecular complexity index is 2360. The molecule has 16 nitrogen and oxygen atoms in total. The summed E-state index contributed by atoms with van der Waals surface area (Å²) in [7, 11) is 9.39. The van der Waals surface area contributed by atoms with Gasteiger partial charge in [-0.15, -0.1) is 0 Å². The molecule has 0 saturated carbocycles. The minimum atomic E-state index is -0.949. The Morgan fingerprint density at radius 2 is 0.884 bits per heavy atom. The highest BCUT2D eigenvalue weighted by Gasteiger charge is 2.38. The average Bonchev–Trinajstić information content (AvgIpc) is 4.23. The number of likely N-dealkylation sites (tertiary alicyclic amines) is 1. The van der Waals surface area contributed by atoms with Gasteiger partial charge in [0.15, 0.2) is 46.0 Å². The lowest BCUT2D eigenvalue weighted by molar-refractivity contribution is -0.142. The highest BCUT2D eigenvalue weighted by molar-refractivity contribution is 6.61. The summed E-state index contributed by atoms with van der Waals surface area (Å²) in [6, 6.07) is 22.0. The van der Waals surface area contributed by atoms with Crippen molar-refractivity contribution in [1.82, 2.24) is 10.2 Å². The van der Waals surface area contributed by atoms with Crippen LogP contribution < -0.4 is 43.2 Å². The number of carbonyl (C=O) groups excluding carboxylic acids is 4. The van der Waals surface area contributed by atoms with Crippen molar-refractivity contribution < 1.29 is 66.5 Å². The van der Waals surface area contributed by atoms with Gasteiger partial charge >= 0.3 is 23.5 Å². The van der Waals surface area contributed by atoms with E-state index < -0.39 is 5.43 Å². The Morgan fingerprint density at radius 1 is 0.522 bits per heavy atom. The normalized spacial score (nSPS) is 19.2. The van der Waals surface area contributed by atoms with Gasteiger partial charge < -0.3 is 57.6 Å². The zero-order valence-corrected chi connectivity index (χ0v) is 40.9. The van der Waals surface area contributed by atoms with E-state index in [4.69, 9.17) is 59.0 Å². The van der Waals surface area contributed by atoms with Gasteiger partial charge in [-0.05, 0) is 135 Å². The first-order chi connectivity index (χ1) is 33.5. The number of rotatable bonds is 16. The smallest absolute Gasteiger partial charge is 0.415 e. The van der Waals surface area contributed by atoms with Crippen LogP contribution in [-0.4, -0.2) is 110 Å². The fraction of sp³-hybridized carbons (Fsp3) is 0.462. The Labute approximate surface area is 408 Å². The second-order valence-corrected chi connectivity index (χ2v) is 17.3. The van der Waals surface area contributed by atoms with Crippen LogP contribution in [0.1, 0.15) is 47.9 Å². The summed E-state index contributed by atoms with van der Waals surface area (Å²) < 4.78 is 53.3. The Kier molecular flexibility index (Phi) is 19.5. The molecule has 4 aliphatic rings. The number of halogens is 1. The minimum Gasteiger partial charge on any atom is -0.493 e. The number of cyclic esters (lactones) is 2. The van der Waals surface area contributed by atoms with E-state index in [0.29, 0.717) is 92.2 Å². The first-order valence-corrected chi connectivity index (χ1v) is 23.5. The molecule has 4 heterocycles. The van der Waals surface area contributed by atoms with Gasteiger partial charge in [0.05, 0.1) is 67.7 Å². The van der Waals surface area contributed by atoms with Gasteiger partial charge in [0.25, 0.3) is 0 Å². The summed E-state index contributed by atoms with van der Waals surface area (Å²) in [5.74, 6) is 3.08. The minimum absolute atomic E-state index is 0.0157. The molecule has 0 aromatic heterocycles. The number of ether oxygens (including phenoxy) is 10. The van der Waals surface area contributed by atoms with Crippen molar-refractivity contribution in [3.63, 3.8) is 0 Å². The largest absolute Gasteiger partial charge is 0.493 e. The molecule has 4 aromatic rings. The lowest BCUT2D eigenvalue weighted by Crippen LogP contribution is -2.30. The Balaban J connectivity index is 0.000000207. The number of hydrogen-bond acceptors (Lipinski definition) is 15. The molecule has 0 radical (unpaired) electrons. The van der Waals surface area contributed by atoms with Crippen molar-refractivity contribution in [3.05, 3.63) is 95.1 Å². The van der Waals surface area contributed by atoms with Crippen molar-refractivity contribution in [3.8, 4) is 46.0 Å². The molecular weight excluding hydrogens is 912 g/mol. The molecule has 0 bridgehead atoms. The third-order valence-electron chi connectivity index (χ3n) is 12.6. The van der Waals surface area contributed by atoms with Crippen LogP contribution in [0.15, 0.2) is 72.8 Å². The number of esters is 2. The molecule has 4 aliphatic heterocycles. The van der Waals surface area contributed by atoms with Crippen LogP contribution in [-0.2, 0) is 44.7 Å². The fourth-order valence-corrected chi connectivity index (χ4v) is 8.94. The van der Waals surface area contributed by atoms with Crippen molar-refractivity contribution >= 4 is 35.1 Å². The fourth-order valence-electron chi connectivity index (χ4n) is 8.86. The number of amides is 1. The molecule has 8 rings (SSSR count). The molecule has 0 unspecified atom stereocenters. The van der Waals surface area contributed by atoms with Gasteiger partial charge in [-0.25, -0.2) is 9.59 Å². The molecule has 4 aromatic carbocycles. The highest BCUT2D eigenvalue weighted by atomic mass is 35.5. The second kappa shape index (κ2) is 25.8. The third kappa shape index (κ3) is 14.3. The van der Waals surface area contributed by atoms with Crippen molar-refractivity contribution in [2.45, 2.75) is 51.4 Å². The van der Waals surface area contributed by atoms with Gasteiger partial charge in [0.2, 0.25) is 0 Å². The third-order valence-corrected chi connectivity index (χ3v) is 12.7. The van der Waals surface area contributed by atoms with E-state index in [9.17, 15) is 19.2 Å². The predicted octanol–water partition coefficient (Wildman–Crippen LogP) is 8.28. The number of carbonyl (C=O) groups is 4. The molecule has 17 heteroatoms. The predicted molar refractivity (Wildman–Crippen MR) is 257 cm³/mol. The summed E-state index contributed by atoms with van der Waals surface area (Å²) in [6.45, 7) is 4.66. The van der Waals surface area contributed by atoms with Crippen molar-refractivity contribution in [2.75, 3.05) is 82.1 Å². The second-order valence-electron chi connectivity index (χ2n) is 17.0. The molecule has 69 heavy (non-hydrogen) atoms. The van der Waals surface area contributed by atoms with Crippen LogP contribution in [0.4, 0.5) is 9.59 Å². The molecule has 1 N–H and O–H groups in total. The van der Waals surface area contributed by atoms with E-state index >= 15 is 0 Å². The number of nitrogens with zero attached hydrogens (tertiary/aromatic N) is 1. The van der Waals surface area contributed by atoms with Crippen LogP contribution >= 0.6 is 11.6 Å². The highest BCUT2D eigenvalue weighted by Crippen LogP contribution is 2.37. The van der Waals surface area contributed by atoms with E-state index in [2.05, 4.69) is 5.32 Å². The van der Waals surface area contributed by atoms with Gasteiger partial charge in [-0.3, -0.25) is 9.59 Å². The number of nitrogens with one attached hydrogen (secondary N) is 1. The molecule has 4 fully saturated rings. The van der Waals surface area contributed by atoms with E-state index in [1.807, 2.05) is 48.5 Å². The lowest BCUT2D eigenvalue weighted by Gasteiger charge is -2.18. The summed E-state index contributed by atoms with van der Waals surface area (Å²) in [6.07, 6.45) is 6.73. The van der Waals surface area contributed by atoms with Crippen LogP contribution in [0.2, 0.25) is 0 Å². The number of hydrogen-bond donors (Lipinski definition) is 1. The van der Waals surface area contributed by atoms with Gasteiger partial charge in [-0.2, -0.15) is 0 Å². The van der Waals surface area contributed by atoms with Crippen LogP contribution in [0.5, 0.6) is 46.0 Å². The van der Waals surface area contributed by atoms with Crippen LogP contribution in [0.3, 0.4) is 0 Å². The van der Waals surface area contributed by atoms with Gasteiger partial charge in [-0.1, -0.05) is 24.3 Å². The topological polar surface area (TPSA) is 176 Å². The zero-order chi connectivity index (χ0) is 49.3. The molecule has 4 saturated heterocycles.